The molecule has 0 saturated carbocycles. The number of amides is 2. The number of nitrogens with zero attached hydrogens (tertiary/aromatic N) is 1. The Morgan fingerprint density at radius 3 is 2.77 bits per heavy atom. The highest BCUT2D eigenvalue weighted by Crippen LogP contribution is 2.20. The molecule has 8 nitrogen and oxygen atoms in total. The number of carbonyl (C=O) groups excluding carboxylic acids is 3. The van der Waals surface area contributed by atoms with Gasteiger partial charge in [0.25, 0.3) is 0 Å². The number of ether oxygens (including phenoxy) is 2. The van der Waals surface area contributed by atoms with Gasteiger partial charge < -0.3 is 24.7 Å². The van der Waals surface area contributed by atoms with Crippen LogP contribution < -0.4 is 10.6 Å². The maximum atomic E-state index is 12.8. The predicted octanol–water partition coefficient (Wildman–Crippen LogP) is 2.21. The summed E-state index contributed by atoms with van der Waals surface area (Å²) in [6.07, 6.45) is 1.37. The predicted molar refractivity (Wildman–Crippen MR) is 116 cm³/mol. The summed E-state index contributed by atoms with van der Waals surface area (Å²) in [5, 5.41) is 6.91. The van der Waals surface area contributed by atoms with E-state index in [4.69, 9.17) is 9.47 Å². The number of hydrogen-bond acceptors (Lipinski definition) is 5. The van der Waals surface area contributed by atoms with Crippen molar-refractivity contribution in [1.82, 2.24) is 15.2 Å². The smallest absolute Gasteiger partial charge is 0.310 e. The number of carbonyl (C=O) groups is 3. The fraction of sp³-hybridized carbons (Fsp3) is 0.522. The van der Waals surface area contributed by atoms with Gasteiger partial charge in [0.2, 0.25) is 18.1 Å². The standard InChI is InChI=1S/C23H31N3O5/c1-4-30-23-18(14-21(28)31-23)25-22(29)17(15(2)3)13-20(27)24-10-12-26-11-9-16-7-5-6-8-19(16)26/h5-9,11,15,17-18,23H,4,10,12-14H2,1-3H3,(H,24,27)(H,25,29). The number of esters is 1. The van der Waals surface area contributed by atoms with Gasteiger partial charge in [0, 0.05) is 43.7 Å². The number of para-hydroxylation sites is 1. The van der Waals surface area contributed by atoms with Crippen molar-refractivity contribution < 1.29 is 23.9 Å². The highest BCUT2D eigenvalue weighted by atomic mass is 16.7. The number of aromatic nitrogens is 1. The summed E-state index contributed by atoms with van der Waals surface area (Å²) in [6, 6.07) is 9.59. The molecule has 8 heteroatoms. The molecule has 1 saturated heterocycles. The van der Waals surface area contributed by atoms with E-state index in [1.165, 1.54) is 0 Å². The van der Waals surface area contributed by atoms with E-state index in [0.29, 0.717) is 19.7 Å². The topological polar surface area (TPSA) is 98.7 Å². The van der Waals surface area contributed by atoms with Crippen molar-refractivity contribution in [3.63, 3.8) is 0 Å². The first-order valence-corrected chi connectivity index (χ1v) is 10.8. The van der Waals surface area contributed by atoms with E-state index in [1.54, 1.807) is 6.92 Å². The van der Waals surface area contributed by atoms with Gasteiger partial charge in [0.1, 0.15) is 6.04 Å². The summed E-state index contributed by atoms with van der Waals surface area (Å²) in [5.74, 6) is -1.40. The molecular weight excluding hydrogens is 398 g/mol. The normalized spacial score (nSPS) is 19.4. The van der Waals surface area contributed by atoms with E-state index in [0.717, 1.165) is 10.9 Å². The monoisotopic (exact) mass is 429 g/mol. The lowest BCUT2D eigenvalue weighted by atomic mass is 9.91. The van der Waals surface area contributed by atoms with Gasteiger partial charge in [-0.3, -0.25) is 14.4 Å². The van der Waals surface area contributed by atoms with Gasteiger partial charge in [-0.15, -0.1) is 0 Å². The number of nitrogens with one attached hydrogen (secondary N) is 2. The van der Waals surface area contributed by atoms with Crippen molar-refractivity contribution in [3.05, 3.63) is 36.5 Å². The fourth-order valence-corrected chi connectivity index (χ4v) is 3.81. The third-order valence-corrected chi connectivity index (χ3v) is 5.52. The van der Waals surface area contributed by atoms with Crippen LogP contribution in [0.2, 0.25) is 0 Å². The van der Waals surface area contributed by atoms with Crippen LogP contribution in [0.1, 0.15) is 33.6 Å². The molecule has 1 aliphatic heterocycles. The van der Waals surface area contributed by atoms with E-state index >= 15 is 0 Å². The highest BCUT2D eigenvalue weighted by Gasteiger charge is 2.38. The van der Waals surface area contributed by atoms with Crippen LogP contribution in [0.25, 0.3) is 10.9 Å². The summed E-state index contributed by atoms with van der Waals surface area (Å²) >= 11 is 0. The molecule has 2 aromatic rings. The Hall–Kier alpha value is -2.87. The molecule has 1 aromatic carbocycles. The Bertz CT molecular complexity index is 923. The molecule has 31 heavy (non-hydrogen) atoms. The maximum Gasteiger partial charge on any atom is 0.310 e. The lowest BCUT2D eigenvalue weighted by Gasteiger charge is -2.24. The zero-order valence-corrected chi connectivity index (χ0v) is 18.3. The number of rotatable bonds is 10. The molecule has 3 unspecified atom stereocenters. The van der Waals surface area contributed by atoms with E-state index in [1.807, 2.05) is 44.3 Å². The zero-order valence-electron chi connectivity index (χ0n) is 18.3. The zero-order chi connectivity index (χ0) is 22.4. The number of cyclic esters (lactones) is 1. The molecule has 3 rings (SSSR count). The van der Waals surface area contributed by atoms with Crippen molar-refractivity contribution in [2.24, 2.45) is 11.8 Å². The second-order valence-electron chi connectivity index (χ2n) is 8.11. The molecule has 1 fully saturated rings. The van der Waals surface area contributed by atoms with Crippen LogP contribution in [0.3, 0.4) is 0 Å². The molecule has 0 bridgehead atoms. The van der Waals surface area contributed by atoms with Gasteiger partial charge in [-0.25, -0.2) is 0 Å². The summed E-state index contributed by atoms with van der Waals surface area (Å²) in [5.41, 5.74) is 1.12. The number of fused-ring (bicyclic) bond motifs is 1. The van der Waals surface area contributed by atoms with Crippen molar-refractivity contribution >= 4 is 28.7 Å². The Morgan fingerprint density at radius 2 is 2.03 bits per heavy atom. The highest BCUT2D eigenvalue weighted by molar-refractivity contribution is 5.87. The Kier molecular flexibility index (Phi) is 7.68. The molecule has 2 N–H and O–H groups in total. The summed E-state index contributed by atoms with van der Waals surface area (Å²) in [4.78, 5) is 36.9. The molecule has 168 valence electrons. The van der Waals surface area contributed by atoms with E-state index in [9.17, 15) is 14.4 Å². The van der Waals surface area contributed by atoms with Crippen molar-refractivity contribution in [1.29, 1.82) is 0 Å². The van der Waals surface area contributed by atoms with E-state index in [-0.39, 0.29) is 30.6 Å². The van der Waals surface area contributed by atoms with Crippen LogP contribution >= 0.6 is 0 Å². The minimum Gasteiger partial charge on any atom is -0.433 e. The van der Waals surface area contributed by atoms with Gasteiger partial charge >= 0.3 is 5.97 Å². The third kappa shape index (κ3) is 5.85. The molecular formula is C23H31N3O5. The second kappa shape index (κ2) is 10.4. The Labute approximate surface area is 182 Å². The SMILES string of the molecule is CCOC1OC(=O)CC1NC(=O)C(CC(=O)NCCn1ccc2ccccc21)C(C)C. The van der Waals surface area contributed by atoms with Crippen LogP contribution in [-0.2, 0) is 30.4 Å². The quantitative estimate of drug-likeness (QED) is 0.564. The molecule has 2 heterocycles. The van der Waals surface area contributed by atoms with E-state index < -0.39 is 24.2 Å². The van der Waals surface area contributed by atoms with Crippen molar-refractivity contribution in [3.8, 4) is 0 Å². The van der Waals surface area contributed by atoms with Crippen molar-refractivity contribution in [2.75, 3.05) is 13.2 Å². The van der Waals surface area contributed by atoms with Gasteiger partial charge in [0.15, 0.2) is 0 Å². The second-order valence-corrected chi connectivity index (χ2v) is 8.11. The largest absolute Gasteiger partial charge is 0.433 e. The molecule has 0 radical (unpaired) electrons. The average Bonchev–Trinajstić information content (AvgIpc) is 3.29. The maximum absolute atomic E-state index is 12.8. The summed E-state index contributed by atoms with van der Waals surface area (Å²) < 4.78 is 12.6. The van der Waals surface area contributed by atoms with Gasteiger partial charge in [-0.2, -0.15) is 0 Å². The molecule has 1 aliphatic rings. The fourth-order valence-electron chi connectivity index (χ4n) is 3.81. The molecule has 1 aromatic heterocycles. The lowest BCUT2D eigenvalue weighted by Crippen LogP contribution is -2.46. The molecule has 2 amide bonds. The van der Waals surface area contributed by atoms with Crippen molar-refractivity contribution in [2.45, 2.75) is 52.5 Å². The van der Waals surface area contributed by atoms with E-state index in [2.05, 4.69) is 21.3 Å². The van der Waals surface area contributed by atoms with Gasteiger partial charge in [-0.05, 0) is 30.4 Å². The average molecular weight is 430 g/mol. The molecule has 3 atom stereocenters. The van der Waals surface area contributed by atoms with Crippen LogP contribution in [0.5, 0.6) is 0 Å². The third-order valence-electron chi connectivity index (χ3n) is 5.52. The first kappa shape index (κ1) is 22.8. The Balaban J connectivity index is 1.51. The minimum absolute atomic E-state index is 0.0392. The van der Waals surface area contributed by atoms with Gasteiger partial charge in [0.05, 0.1) is 6.42 Å². The first-order chi connectivity index (χ1) is 14.9. The number of hydrogen-bond donors (Lipinski definition) is 2. The molecule has 0 spiro atoms. The van der Waals surface area contributed by atoms with Crippen LogP contribution in [0, 0.1) is 11.8 Å². The lowest BCUT2D eigenvalue weighted by molar-refractivity contribution is -0.164. The first-order valence-electron chi connectivity index (χ1n) is 10.8. The number of benzene rings is 1. The van der Waals surface area contributed by atoms with Gasteiger partial charge in [-0.1, -0.05) is 32.0 Å². The van der Waals surface area contributed by atoms with Crippen LogP contribution in [-0.4, -0.2) is 47.8 Å². The summed E-state index contributed by atoms with van der Waals surface area (Å²) in [7, 11) is 0. The molecule has 0 aliphatic carbocycles. The Morgan fingerprint density at radius 1 is 1.26 bits per heavy atom. The van der Waals surface area contributed by atoms with Crippen LogP contribution in [0.15, 0.2) is 36.5 Å². The minimum atomic E-state index is -0.778. The summed E-state index contributed by atoms with van der Waals surface area (Å²) in [6.45, 7) is 7.09. The van der Waals surface area contributed by atoms with Crippen LogP contribution in [0.4, 0.5) is 0 Å².